The number of rotatable bonds is 21. The molecule has 0 aliphatic heterocycles. The van der Waals surface area contributed by atoms with Gasteiger partial charge >= 0.3 is 0 Å². The Labute approximate surface area is 186 Å². The molecule has 0 fully saturated rings. The van der Waals surface area contributed by atoms with Crippen LogP contribution in [0.25, 0.3) is 0 Å². The van der Waals surface area contributed by atoms with Gasteiger partial charge < -0.3 is 22.1 Å². The lowest BCUT2D eigenvalue weighted by Gasteiger charge is -2.26. The summed E-state index contributed by atoms with van der Waals surface area (Å²) in [5, 5.41) is 0. The van der Waals surface area contributed by atoms with Crippen molar-refractivity contribution in [2.75, 3.05) is 19.6 Å². The lowest BCUT2D eigenvalue weighted by molar-refractivity contribution is -0.133. The van der Waals surface area contributed by atoms with Crippen LogP contribution in [0.2, 0.25) is 0 Å². The van der Waals surface area contributed by atoms with Crippen molar-refractivity contribution in [3.63, 3.8) is 0 Å². The minimum absolute atomic E-state index is 0.0920. The zero-order valence-corrected chi connectivity index (χ0v) is 20.0. The van der Waals surface area contributed by atoms with E-state index in [2.05, 4.69) is 18.8 Å². The third-order valence-corrected chi connectivity index (χ3v) is 5.66. The third-order valence-electron chi connectivity index (χ3n) is 5.66. The molecule has 6 nitrogen and oxygen atoms in total. The number of nitrogens with zero attached hydrogens (tertiary/aromatic N) is 2. The highest BCUT2D eigenvalue weighted by Gasteiger charge is 2.20. The Morgan fingerprint density at radius 3 is 1.60 bits per heavy atom. The van der Waals surface area contributed by atoms with Crippen molar-refractivity contribution in [3.05, 3.63) is 0 Å². The van der Waals surface area contributed by atoms with Crippen LogP contribution in [-0.4, -0.2) is 42.4 Å². The highest BCUT2D eigenvalue weighted by molar-refractivity contribution is 5.81. The van der Waals surface area contributed by atoms with Gasteiger partial charge in [-0.05, 0) is 25.7 Å². The maximum absolute atomic E-state index is 12.9. The number of carbonyl (C=O) groups excluding carboxylic acids is 1. The van der Waals surface area contributed by atoms with E-state index in [0.29, 0.717) is 13.0 Å². The molecule has 0 bridgehead atoms. The number of unbranched alkanes of at least 4 members (excludes halogenated alkanes) is 12. The van der Waals surface area contributed by atoms with Crippen LogP contribution >= 0.6 is 0 Å². The zero-order valence-electron chi connectivity index (χ0n) is 20.0. The van der Waals surface area contributed by atoms with Crippen molar-refractivity contribution in [1.29, 1.82) is 0 Å². The van der Waals surface area contributed by atoms with E-state index in [4.69, 9.17) is 17.2 Å². The van der Waals surface area contributed by atoms with E-state index in [9.17, 15) is 4.79 Å². The van der Waals surface area contributed by atoms with E-state index in [1.165, 1.54) is 77.0 Å². The van der Waals surface area contributed by atoms with Crippen molar-refractivity contribution < 1.29 is 4.79 Å². The molecule has 0 saturated carbocycles. The van der Waals surface area contributed by atoms with Crippen molar-refractivity contribution in [1.82, 2.24) is 4.90 Å². The highest BCUT2D eigenvalue weighted by Crippen LogP contribution is 2.12. The molecule has 0 spiro atoms. The maximum Gasteiger partial charge on any atom is 0.239 e. The van der Waals surface area contributed by atoms with Crippen molar-refractivity contribution >= 4 is 11.9 Å². The summed E-state index contributed by atoms with van der Waals surface area (Å²) in [6, 6.07) is -0.451. The molecule has 6 N–H and O–H groups in total. The predicted octanol–water partition coefficient (Wildman–Crippen LogP) is 4.70. The first-order chi connectivity index (χ1) is 14.5. The molecular formula is C24H51N5O. The number of carbonyl (C=O) groups is 1. The van der Waals surface area contributed by atoms with E-state index < -0.39 is 6.04 Å². The smallest absolute Gasteiger partial charge is 0.239 e. The number of nitrogens with two attached hydrogens (primary N) is 3. The molecule has 0 heterocycles. The molecule has 0 aliphatic carbocycles. The molecule has 178 valence electrons. The molecule has 0 aromatic carbocycles. The first kappa shape index (κ1) is 28.7. The van der Waals surface area contributed by atoms with Gasteiger partial charge in [0.15, 0.2) is 5.96 Å². The van der Waals surface area contributed by atoms with E-state index in [1.807, 2.05) is 4.90 Å². The van der Waals surface area contributed by atoms with Crippen LogP contribution in [0, 0.1) is 0 Å². The Balaban J connectivity index is 4.31. The minimum atomic E-state index is -0.451. The molecule has 0 saturated heterocycles. The summed E-state index contributed by atoms with van der Waals surface area (Å²) in [7, 11) is 0. The monoisotopic (exact) mass is 425 g/mol. The molecule has 30 heavy (non-hydrogen) atoms. The molecule has 1 atom stereocenters. The van der Waals surface area contributed by atoms with E-state index in [0.717, 1.165) is 32.4 Å². The van der Waals surface area contributed by atoms with E-state index in [1.54, 1.807) is 0 Å². The standard InChI is InChI=1S/C24H51N5O/c1-3-5-7-9-11-13-15-20-29(21-16-14-12-10-8-6-4-2)23(30)22(25)18-17-19-28-24(26)27/h22H,3-21,25H2,1-2H3,(H4,26,27,28)/t22-/m0/s1. The fourth-order valence-electron chi connectivity index (χ4n) is 3.73. The average molecular weight is 426 g/mol. The zero-order chi connectivity index (χ0) is 22.5. The molecule has 6 heteroatoms. The summed E-state index contributed by atoms with van der Waals surface area (Å²) in [4.78, 5) is 18.9. The van der Waals surface area contributed by atoms with Crippen LogP contribution in [0.5, 0.6) is 0 Å². The molecular weight excluding hydrogens is 374 g/mol. The summed E-state index contributed by atoms with van der Waals surface area (Å²) >= 11 is 0. The summed E-state index contributed by atoms with van der Waals surface area (Å²) in [6.07, 6.45) is 18.9. The Morgan fingerprint density at radius 1 is 0.733 bits per heavy atom. The van der Waals surface area contributed by atoms with Gasteiger partial charge in [-0.25, -0.2) is 0 Å². The van der Waals surface area contributed by atoms with Gasteiger partial charge in [-0.1, -0.05) is 90.9 Å². The van der Waals surface area contributed by atoms with Gasteiger partial charge in [0.1, 0.15) is 0 Å². The Bertz CT molecular complexity index is 406. The quantitative estimate of drug-likeness (QED) is 0.141. The second kappa shape index (κ2) is 21.0. The van der Waals surface area contributed by atoms with E-state index in [-0.39, 0.29) is 11.9 Å². The highest BCUT2D eigenvalue weighted by atomic mass is 16.2. The maximum atomic E-state index is 12.9. The SMILES string of the molecule is CCCCCCCCCN(CCCCCCCCC)C(=O)[C@@H](N)CCCN=C(N)N. The van der Waals surface area contributed by atoms with Crippen LogP contribution < -0.4 is 17.2 Å². The molecule has 0 aromatic heterocycles. The van der Waals surface area contributed by atoms with Crippen LogP contribution in [0.15, 0.2) is 4.99 Å². The predicted molar refractivity (Wildman–Crippen MR) is 130 cm³/mol. The average Bonchev–Trinajstić information content (AvgIpc) is 2.73. The minimum Gasteiger partial charge on any atom is -0.370 e. The second-order valence-corrected chi connectivity index (χ2v) is 8.62. The first-order valence-corrected chi connectivity index (χ1v) is 12.6. The molecule has 0 rings (SSSR count). The van der Waals surface area contributed by atoms with Crippen LogP contribution in [0.4, 0.5) is 0 Å². The summed E-state index contributed by atoms with van der Waals surface area (Å²) in [6.45, 7) is 6.69. The molecule has 0 aromatic rings. The van der Waals surface area contributed by atoms with Gasteiger partial charge in [-0.3, -0.25) is 9.79 Å². The van der Waals surface area contributed by atoms with Crippen LogP contribution in [0.1, 0.15) is 117 Å². The van der Waals surface area contributed by atoms with Gasteiger partial charge in [0, 0.05) is 19.6 Å². The summed E-state index contributed by atoms with van der Waals surface area (Å²) < 4.78 is 0. The topological polar surface area (TPSA) is 111 Å². The molecule has 0 aliphatic rings. The Hall–Kier alpha value is -1.30. The van der Waals surface area contributed by atoms with Crippen molar-refractivity contribution in [2.24, 2.45) is 22.2 Å². The molecule has 0 unspecified atom stereocenters. The third kappa shape index (κ3) is 17.5. The Kier molecular flexibility index (Phi) is 20.0. The van der Waals surface area contributed by atoms with Gasteiger partial charge in [0.25, 0.3) is 0 Å². The fourth-order valence-corrected chi connectivity index (χ4v) is 3.73. The van der Waals surface area contributed by atoms with E-state index >= 15 is 0 Å². The molecule has 1 amide bonds. The number of hydrogen-bond acceptors (Lipinski definition) is 3. The Morgan fingerprint density at radius 2 is 1.17 bits per heavy atom. The van der Waals surface area contributed by atoms with Gasteiger partial charge in [-0.15, -0.1) is 0 Å². The fraction of sp³-hybridized carbons (Fsp3) is 0.917. The first-order valence-electron chi connectivity index (χ1n) is 12.6. The van der Waals surface area contributed by atoms with Crippen LogP contribution in [0.3, 0.4) is 0 Å². The van der Waals surface area contributed by atoms with Gasteiger partial charge in [0.2, 0.25) is 5.91 Å². The number of aliphatic imine (C=N–C) groups is 1. The lowest BCUT2D eigenvalue weighted by atomic mass is 10.1. The second-order valence-electron chi connectivity index (χ2n) is 8.62. The van der Waals surface area contributed by atoms with Crippen molar-refractivity contribution in [2.45, 2.75) is 123 Å². The summed E-state index contributed by atoms with van der Waals surface area (Å²) in [5.74, 6) is 0.186. The van der Waals surface area contributed by atoms with Crippen LogP contribution in [-0.2, 0) is 4.79 Å². The summed E-state index contributed by atoms with van der Waals surface area (Å²) in [5.41, 5.74) is 16.9. The molecule has 0 radical (unpaired) electrons. The van der Waals surface area contributed by atoms with Gasteiger partial charge in [0.05, 0.1) is 6.04 Å². The lowest BCUT2D eigenvalue weighted by Crippen LogP contribution is -2.44. The number of guanidine groups is 1. The van der Waals surface area contributed by atoms with Crippen molar-refractivity contribution in [3.8, 4) is 0 Å². The normalized spacial score (nSPS) is 12.0. The van der Waals surface area contributed by atoms with Gasteiger partial charge in [-0.2, -0.15) is 0 Å². The number of hydrogen-bond donors (Lipinski definition) is 3. The number of amides is 1. The largest absolute Gasteiger partial charge is 0.370 e.